The third-order valence-corrected chi connectivity index (χ3v) is 3.56. The number of aromatic nitrogens is 2. The average molecular weight is 315 g/mol. The van der Waals surface area contributed by atoms with Gasteiger partial charge in [-0.3, -0.25) is 4.68 Å². The Balaban J connectivity index is 1.69. The standard InChI is InChI=1S/C19H23N3O/c1-21(2)13-8-14-23-19-17-11-6-7-12-18(17)22(20-19)15-16-9-4-3-5-10-16/h3-7,9-12H,8,13-15H2,1-2H3/i1D3,2D3. The molecule has 120 valence electrons. The van der Waals surface area contributed by atoms with Crippen molar-refractivity contribution in [2.75, 3.05) is 27.1 Å². The molecular weight excluding hydrogens is 286 g/mol. The molecule has 0 N–H and O–H groups in total. The molecule has 0 atom stereocenters. The minimum atomic E-state index is -2.69. The van der Waals surface area contributed by atoms with Crippen LogP contribution < -0.4 is 4.74 Å². The molecule has 0 spiro atoms. The summed E-state index contributed by atoms with van der Waals surface area (Å²) in [5.41, 5.74) is 2.04. The highest BCUT2D eigenvalue weighted by molar-refractivity contribution is 5.84. The van der Waals surface area contributed by atoms with E-state index < -0.39 is 14.0 Å². The zero-order valence-corrected chi connectivity index (χ0v) is 12.8. The van der Waals surface area contributed by atoms with Crippen LogP contribution in [-0.4, -0.2) is 41.8 Å². The van der Waals surface area contributed by atoms with Crippen molar-refractivity contribution in [1.29, 1.82) is 0 Å². The van der Waals surface area contributed by atoms with Crippen molar-refractivity contribution in [1.82, 2.24) is 14.7 Å². The minimum Gasteiger partial charge on any atom is -0.476 e. The van der Waals surface area contributed by atoms with Crippen molar-refractivity contribution in [2.45, 2.75) is 13.0 Å². The van der Waals surface area contributed by atoms with Gasteiger partial charge in [0, 0.05) is 14.8 Å². The molecule has 0 amide bonds. The fraction of sp³-hybridized carbons (Fsp3) is 0.316. The summed E-state index contributed by atoms with van der Waals surface area (Å²) in [7, 11) is 0. The normalized spacial score (nSPS) is 16.2. The van der Waals surface area contributed by atoms with Gasteiger partial charge in [-0.05, 0) is 38.1 Å². The maximum absolute atomic E-state index is 7.40. The zero-order valence-electron chi connectivity index (χ0n) is 18.8. The number of hydrogen-bond donors (Lipinski definition) is 0. The van der Waals surface area contributed by atoms with Crippen LogP contribution in [0.1, 0.15) is 20.2 Å². The van der Waals surface area contributed by atoms with Gasteiger partial charge in [-0.2, -0.15) is 0 Å². The largest absolute Gasteiger partial charge is 0.476 e. The topological polar surface area (TPSA) is 30.3 Å². The number of para-hydroxylation sites is 1. The number of hydrogen-bond acceptors (Lipinski definition) is 3. The fourth-order valence-corrected chi connectivity index (χ4v) is 2.47. The predicted molar refractivity (Wildman–Crippen MR) is 93.9 cm³/mol. The smallest absolute Gasteiger partial charge is 0.240 e. The van der Waals surface area contributed by atoms with Gasteiger partial charge in [0.1, 0.15) is 0 Å². The van der Waals surface area contributed by atoms with E-state index in [9.17, 15) is 0 Å². The first-order chi connectivity index (χ1) is 13.7. The molecule has 23 heavy (non-hydrogen) atoms. The third-order valence-electron chi connectivity index (χ3n) is 3.56. The molecule has 1 aromatic heterocycles. The summed E-state index contributed by atoms with van der Waals surface area (Å²) < 4.78 is 52.1. The zero-order chi connectivity index (χ0) is 21.1. The van der Waals surface area contributed by atoms with Crippen LogP contribution in [0.25, 0.3) is 10.9 Å². The monoisotopic (exact) mass is 315 g/mol. The Morgan fingerprint density at radius 1 is 1.09 bits per heavy atom. The maximum atomic E-state index is 7.40. The van der Waals surface area contributed by atoms with Gasteiger partial charge in [0.15, 0.2) is 0 Å². The Labute approximate surface area is 145 Å². The molecule has 0 unspecified atom stereocenters. The molecule has 4 heteroatoms. The van der Waals surface area contributed by atoms with E-state index in [4.69, 9.17) is 13.0 Å². The lowest BCUT2D eigenvalue weighted by Crippen LogP contribution is -2.15. The van der Waals surface area contributed by atoms with E-state index in [0.717, 1.165) is 16.5 Å². The van der Waals surface area contributed by atoms with E-state index in [0.29, 0.717) is 17.3 Å². The average Bonchev–Trinajstić information content (AvgIpc) is 2.98. The van der Waals surface area contributed by atoms with Crippen molar-refractivity contribution in [3.63, 3.8) is 0 Å². The van der Waals surface area contributed by atoms with Crippen LogP contribution in [0, 0.1) is 0 Å². The lowest BCUT2D eigenvalue weighted by Gasteiger charge is -2.09. The SMILES string of the molecule is [2H]C([2H])([2H])N(CCCOc1nn(Cc2ccccc2)c2ccccc12)C([2H])([2H])[2H]. The van der Waals surface area contributed by atoms with E-state index in [1.165, 1.54) is 0 Å². The highest BCUT2D eigenvalue weighted by Crippen LogP contribution is 2.25. The second kappa shape index (κ2) is 7.29. The van der Waals surface area contributed by atoms with Gasteiger partial charge in [0.2, 0.25) is 5.88 Å². The Morgan fingerprint density at radius 2 is 1.87 bits per heavy atom. The first kappa shape index (κ1) is 9.73. The summed E-state index contributed by atoms with van der Waals surface area (Å²) in [6.45, 7) is -4.74. The molecule has 0 aliphatic rings. The van der Waals surface area contributed by atoms with Gasteiger partial charge in [-0.15, -0.1) is 5.10 Å². The lowest BCUT2D eigenvalue weighted by atomic mass is 10.2. The van der Waals surface area contributed by atoms with E-state index >= 15 is 0 Å². The summed E-state index contributed by atoms with van der Waals surface area (Å²) in [5.74, 6) is 0.450. The lowest BCUT2D eigenvalue weighted by molar-refractivity contribution is 0.273. The number of ether oxygens (including phenoxy) is 1. The van der Waals surface area contributed by atoms with Gasteiger partial charge >= 0.3 is 0 Å². The highest BCUT2D eigenvalue weighted by Gasteiger charge is 2.11. The van der Waals surface area contributed by atoms with Crippen LogP contribution in [0.15, 0.2) is 54.6 Å². The van der Waals surface area contributed by atoms with Crippen LogP contribution in [0.5, 0.6) is 5.88 Å². The number of rotatable bonds is 7. The highest BCUT2D eigenvalue weighted by atomic mass is 16.5. The van der Waals surface area contributed by atoms with E-state index in [-0.39, 0.29) is 19.6 Å². The fourth-order valence-electron chi connectivity index (χ4n) is 2.47. The third kappa shape index (κ3) is 3.90. The maximum Gasteiger partial charge on any atom is 0.240 e. The second-order valence-electron chi connectivity index (χ2n) is 5.32. The van der Waals surface area contributed by atoms with E-state index in [1.54, 1.807) is 0 Å². The van der Waals surface area contributed by atoms with Crippen LogP contribution in [0.3, 0.4) is 0 Å². The summed E-state index contributed by atoms with van der Waals surface area (Å²) in [4.78, 5) is 0.537. The molecule has 3 aromatic rings. The van der Waals surface area contributed by atoms with Gasteiger partial charge in [0.25, 0.3) is 0 Å². The molecule has 2 aromatic carbocycles. The molecule has 4 nitrogen and oxygen atoms in total. The first-order valence-corrected chi connectivity index (χ1v) is 7.56. The van der Waals surface area contributed by atoms with E-state index in [2.05, 4.69) is 5.10 Å². The van der Waals surface area contributed by atoms with Gasteiger partial charge in [-0.25, -0.2) is 0 Å². The van der Waals surface area contributed by atoms with Crippen LogP contribution in [-0.2, 0) is 6.54 Å². The summed E-state index contributed by atoms with van der Waals surface area (Å²) in [6.07, 6.45) is 0.247. The minimum absolute atomic E-state index is 0.129. The summed E-state index contributed by atoms with van der Waals surface area (Å²) >= 11 is 0. The first-order valence-electron chi connectivity index (χ1n) is 10.6. The molecule has 0 bridgehead atoms. The van der Waals surface area contributed by atoms with Crippen LogP contribution in [0.2, 0.25) is 0 Å². The van der Waals surface area contributed by atoms with Crippen LogP contribution in [0.4, 0.5) is 0 Å². The van der Waals surface area contributed by atoms with Crippen molar-refractivity contribution in [3.8, 4) is 5.88 Å². The summed E-state index contributed by atoms with van der Waals surface area (Å²) in [6, 6.07) is 17.7. The molecule has 0 saturated heterocycles. The Morgan fingerprint density at radius 3 is 2.70 bits per heavy atom. The molecule has 0 aliphatic carbocycles. The van der Waals surface area contributed by atoms with Gasteiger partial charge in [0.05, 0.1) is 24.1 Å². The summed E-state index contributed by atoms with van der Waals surface area (Å²) in [5, 5.41) is 5.41. The van der Waals surface area contributed by atoms with Crippen molar-refractivity contribution in [3.05, 3.63) is 60.2 Å². The Kier molecular flexibility index (Phi) is 3.08. The Bertz CT molecular complexity index is 923. The second-order valence-corrected chi connectivity index (χ2v) is 5.32. The van der Waals surface area contributed by atoms with Crippen molar-refractivity contribution < 1.29 is 13.0 Å². The number of fused-ring (bicyclic) bond motifs is 1. The molecular formula is C19H23N3O. The quantitative estimate of drug-likeness (QED) is 0.626. The molecule has 1 heterocycles. The number of benzene rings is 2. The van der Waals surface area contributed by atoms with E-state index in [1.807, 2.05) is 59.3 Å². The van der Waals surface area contributed by atoms with Gasteiger partial charge in [-0.1, -0.05) is 42.5 Å². The van der Waals surface area contributed by atoms with Crippen molar-refractivity contribution in [2.24, 2.45) is 0 Å². The van der Waals surface area contributed by atoms with Gasteiger partial charge < -0.3 is 9.64 Å². The van der Waals surface area contributed by atoms with Crippen molar-refractivity contribution >= 4 is 10.9 Å². The molecule has 0 aliphatic heterocycles. The number of nitrogens with zero attached hydrogens (tertiary/aromatic N) is 3. The molecule has 0 radical (unpaired) electrons. The Hall–Kier alpha value is -2.33. The molecule has 3 rings (SSSR count). The molecule has 0 fully saturated rings. The predicted octanol–water partition coefficient (Wildman–Crippen LogP) is 3.42. The molecule has 0 saturated carbocycles. The van der Waals surface area contributed by atoms with Crippen LogP contribution >= 0.6 is 0 Å².